The van der Waals surface area contributed by atoms with Gasteiger partial charge in [0.05, 0.1) is 5.92 Å². The van der Waals surface area contributed by atoms with Crippen LogP contribution in [0.2, 0.25) is 0 Å². The van der Waals surface area contributed by atoms with Crippen LogP contribution in [0, 0.1) is 5.82 Å². The third-order valence-electron chi connectivity index (χ3n) is 5.23. The molecule has 0 aliphatic carbocycles. The van der Waals surface area contributed by atoms with Crippen LogP contribution in [0.15, 0.2) is 42.5 Å². The molecule has 0 unspecified atom stereocenters. The first-order chi connectivity index (χ1) is 13.5. The number of benzene rings is 2. The average Bonchev–Trinajstić information content (AvgIpc) is 2.69. The fourth-order valence-corrected chi connectivity index (χ4v) is 3.55. The molecular weight excluding hydrogens is 357 g/mol. The summed E-state index contributed by atoms with van der Waals surface area (Å²) in [6.07, 6.45) is 0.0611. The lowest BCUT2D eigenvalue weighted by atomic mass is 9.89. The van der Waals surface area contributed by atoms with Gasteiger partial charge in [-0.05, 0) is 41.9 Å². The van der Waals surface area contributed by atoms with Gasteiger partial charge in [-0.3, -0.25) is 14.5 Å². The van der Waals surface area contributed by atoms with E-state index in [0.29, 0.717) is 17.8 Å². The minimum absolute atomic E-state index is 0.0611. The topological polar surface area (TPSA) is 61.4 Å². The molecular formula is C22H26FN3O2. The quantitative estimate of drug-likeness (QED) is 0.770. The van der Waals surface area contributed by atoms with Gasteiger partial charge in [-0.2, -0.15) is 0 Å². The van der Waals surface area contributed by atoms with E-state index in [1.165, 1.54) is 17.7 Å². The second-order valence-electron chi connectivity index (χ2n) is 6.98. The molecule has 6 heteroatoms. The van der Waals surface area contributed by atoms with Gasteiger partial charge in [0.25, 0.3) is 0 Å². The van der Waals surface area contributed by atoms with Crippen molar-refractivity contribution < 1.29 is 14.0 Å². The Balaban J connectivity index is 1.73. The van der Waals surface area contributed by atoms with Crippen molar-refractivity contribution in [3.63, 3.8) is 0 Å². The Bertz CT molecular complexity index is 865. The molecule has 1 aliphatic rings. The lowest BCUT2D eigenvalue weighted by molar-refractivity contribution is -0.126. The molecule has 0 spiro atoms. The van der Waals surface area contributed by atoms with Crippen LogP contribution in [0.4, 0.5) is 10.1 Å². The predicted octanol–water partition coefficient (Wildman–Crippen LogP) is 3.41. The third kappa shape index (κ3) is 4.57. The van der Waals surface area contributed by atoms with Crippen LogP contribution >= 0.6 is 0 Å². The Hall–Kier alpha value is -2.73. The Morgan fingerprint density at radius 2 is 1.89 bits per heavy atom. The van der Waals surface area contributed by atoms with Crippen molar-refractivity contribution in [1.29, 1.82) is 0 Å². The Labute approximate surface area is 164 Å². The summed E-state index contributed by atoms with van der Waals surface area (Å²) in [6.45, 7) is 7.39. The number of halogens is 1. The summed E-state index contributed by atoms with van der Waals surface area (Å²) in [7, 11) is 0. The molecule has 148 valence electrons. The molecule has 0 saturated carbocycles. The molecule has 0 saturated heterocycles. The minimum Gasteiger partial charge on any atom is -0.351 e. The summed E-state index contributed by atoms with van der Waals surface area (Å²) < 4.78 is 13.5. The van der Waals surface area contributed by atoms with E-state index in [0.717, 1.165) is 25.2 Å². The highest BCUT2D eigenvalue weighted by Gasteiger charge is 2.30. The number of hydrogen-bond acceptors (Lipinski definition) is 3. The number of nitrogens with one attached hydrogen (secondary N) is 2. The standard InChI is InChI=1S/C22H26FN3O2/c1-3-26(4-2)14-16-8-6-5-7-15(16)13-24-22(28)19-12-21(27)25-20-11-17(23)9-10-18(19)20/h5-11,19H,3-4,12-14H2,1-2H3,(H,24,28)(H,25,27)/t19-/m1/s1. The van der Waals surface area contributed by atoms with E-state index < -0.39 is 11.7 Å². The van der Waals surface area contributed by atoms with Gasteiger partial charge in [0.1, 0.15) is 5.82 Å². The van der Waals surface area contributed by atoms with Crippen LogP contribution in [0.3, 0.4) is 0 Å². The van der Waals surface area contributed by atoms with Gasteiger partial charge in [-0.15, -0.1) is 0 Å². The smallest absolute Gasteiger partial charge is 0.228 e. The molecule has 0 bridgehead atoms. The van der Waals surface area contributed by atoms with Gasteiger partial charge in [-0.25, -0.2) is 4.39 Å². The van der Waals surface area contributed by atoms with Crippen LogP contribution in [0.1, 0.15) is 42.9 Å². The Morgan fingerprint density at radius 1 is 1.18 bits per heavy atom. The fraction of sp³-hybridized carbons (Fsp3) is 0.364. The molecule has 5 nitrogen and oxygen atoms in total. The lowest BCUT2D eigenvalue weighted by Crippen LogP contribution is -2.35. The summed E-state index contributed by atoms with van der Waals surface area (Å²) in [5, 5.41) is 5.60. The van der Waals surface area contributed by atoms with E-state index in [9.17, 15) is 14.0 Å². The molecule has 0 radical (unpaired) electrons. The summed E-state index contributed by atoms with van der Waals surface area (Å²) in [4.78, 5) is 27.1. The van der Waals surface area contributed by atoms with Crippen molar-refractivity contribution in [3.8, 4) is 0 Å². The van der Waals surface area contributed by atoms with Crippen molar-refractivity contribution in [1.82, 2.24) is 10.2 Å². The number of rotatable bonds is 7. The normalized spacial score (nSPS) is 15.9. The first kappa shape index (κ1) is 20.0. The SMILES string of the molecule is CCN(CC)Cc1ccccc1CNC(=O)[C@@H]1CC(=O)Nc2cc(F)ccc21. The number of carbonyl (C=O) groups is 2. The van der Waals surface area contributed by atoms with Crippen LogP contribution in [-0.4, -0.2) is 29.8 Å². The van der Waals surface area contributed by atoms with Crippen molar-refractivity contribution in [2.24, 2.45) is 0 Å². The van der Waals surface area contributed by atoms with Gasteiger partial charge in [-0.1, -0.05) is 44.2 Å². The Morgan fingerprint density at radius 3 is 2.61 bits per heavy atom. The van der Waals surface area contributed by atoms with Crippen LogP contribution in [0.5, 0.6) is 0 Å². The molecule has 2 aromatic carbocycles. The van der Waals surface area contributed by atoms with E-state index in [-0.39, 0.29) is 18.2 Å². The van der Waals surface area contributed by atoms with E-state index in [4.69, 9.17) is 0 Å². The highest BCUT2D eigenvalue weighted by atomic mass is 19.1. The molecule has 3 rings (SSSR count). The van der Waals surface area contributed by atoms with Crippen molar-refractivity contribution in [3.05, 3.63) is 65.0 Å². The molecule has 0 fully saturated rings. The van der Waals surface area contributed by atoms with Gasteiger partial charge >= 0.3 is 0 Å². The number of fused-ring (bicyclic) bond motifs is 1. The number of carbonyl (C=O) groups excluding carboxylic acids is 2. The van der Waals surface area contributed by atoms with E-state index in [1.807, 2.05) is 18.2 Å². The maximum Gasteiger partial charge on any atom is 0.228 e. The molecule has 2 aromatic rings. The van der Waals surface area contributed by atoms with Gasteiger partial charge < -0.3 is 10.6 Å². The maximum atomic E-state index is 13.5. The molecule has 1 heterocycles. The highest BCUT2D eigenvalue weighted by molar-refractivity contribution is 6.01. The zero-order chi connectivity index (χ0) is 20.1. The Kier molecular flexibility index (Phi) is 6.41. The number of anilines is 1. The fourth-order valence-electron chi connectivity index (χ4n) is 3.55. The largest absolute Gasteiger partial charge is 0.351 e. The van der Waals surface area contributed by atoms with E-state index in [1.54, 1.807) is 6.07 Å². The zero-order valence-electron chi connectivity index (χ0n) is 16.3. The van der Waals surface area contributed by atoms with Crippen molar-refractivity contribution in [2.75, 3.05) is 18.4 Å². The molecule has 0 aromatic heterocycles. The highest BCUT2D eigenvalue weighted by Crippen LogP contribution is 2.32. The molecule has 2 amide bonds. The van der Waals surface area contributed by atoms with Gasteiger partial charge in [0, 0.05) is 25.2 Å². The van der Waals surface area contributed by atoms with Crippen molar-refractivity contribution >= 4 is 17.5 Å². The van der Waals surface area contributed by atoms with E-state index in [2.05, 4.69) is 35.4 Å². The second-order valence-corrected chi connectivity index (χ2v) is 6.98. The first-order valence-corrected chi connectivity index (χ1v) is 9.68. The summed E-state index contributed by atoms with van der Waals surface area (Å²) >= 11 is 0. The van der Waals surface area contributed by atoms with E-state index >= 15 is 0 Å². The summed E-state index contributed by atoms with van der Waals surface area (Å²) in [5.74, 6) is -1.55. The first-order valence-electron chi connectivity index (χ1n) is 9.68. The minimum atomic E-state index is -0.612. The zero-order valence-corrected chi connectivity index (χ0v) is 16.3. The maximum absolute atomic E-state index is 13.5. The monoisotopic (exact) mass is 383 g/mol. The lowest BCUT2D eigenvalue weighted by Gasteiger charge is -2.25. The predicted molar refractivity (Wildman–Crippen MR) is 107 cm³/mol. The number of hydrogen-bond donors (Lipinski definition) is 2. The second kappa shape index (κ2) is 8.97. The average molecular weight is 383 g/mol. The van der Waals surface area contributed by atoms with Crippen LogP contribution < -0.4 is 10.6 Å². The van der Waals surface area contributed by atoms with Gasteiger partial charge in [0.15, 0.2) is 0 Å². The summed E-state index contributed by atoms with van der Waals surface area (Å²) in [6, 6.07) is 12.2. The van der Waals surface area contributed by atoms with Crippen molar-refractivity contribution in [2.45, 2.75) is 39.3 Å². The number of amides is 2. The van der Waals surface area contributed by atoms with Gasteiger partial charge in [0.2, 0.25) is 11.8 Å². The summed E-state index contributed by atoms with van der Waals surface area (Å²) in [5.41, 5.74) is 3.26. The van der Waals surface area contributed by atoms with Crippen LogP contribution in [-0.2, 0) is 22.7 Å². The molecule has 1 atom stereocenters. The van der Waals surface area contributed by atoms with Crippen LogP contribution in [0.25, 0.3) is 0 Å². The number of nitrogens with zero attached hydrogens (tertiary/aromatic N) is 1. The molecule has 2 N–H and O–H groups in total. The molecule has 28 heavy (non-hydrogen) atoms. The molecule has 1 aliphatic heterocycles. The third-order valence-corrected chi connectivity index (χ3v) is 5.23.